The number of rotatable bonds is 45. The molecule has 1 heterocycles. The maximum absolute atomic E-state index is 13.3. The molecule has 6 N–H and O–H groups in total. The Hall–Kier alpha value is -4.46. The van der Waals surface area contributed by atoms with Gasteiger partial charge >= 0.3 is 5.97 Å². The standard InChI is InChI=1S/C64H101NO10/c1-4-7-10-13-16-19-22-24-26-28-29-30-32-34-37-40-43-46-49-52-59(69)75-62-61(71)60(70)58(53-66)74-64(62)73-54-55(56(67)50-47-44-41-38-35-21-18-15-12-9-6-3)65-63(72)57(68)51-48-45-42-39-36-33-31-27-25-23-20-17-14-11-8-5-2/h7-8,10-11,16-17,19-20,24-27,29-30,33-34,36-37,42-43,45-47,50,55-58,60-62,64,66-68,70-71H,4-6,9,12-15,18,21-23,28,31-32,35,38-41,44,48-49,51-54H2,1-3H3,(H,65,72)/b10-7-,11-8-,19-16-,20-17-,26-24-,27-25-,30-29-,36-33-,37-34-,45-42-,46-43-,50-47+. The molecule has 0 radical (unpaired) electrons. The van der Waals surface area contributed by atoms with Crippen LogP contribution in [0.2, 0.25) is 0 Å². The number of esters is 1. The quantitative estimate of drug-likeness (QED) is 0.0196. The number of amides is 1. The summed E-state index contributed by atoms with van der Waals surface area (Å²) in [6, 6.07) is -1.08. The number of hydrogen-bond donors (Lipinski definition) is 6. The summed E-state index contributed by atoms with van der Waals surface area (Å²) in [5.74, 6) is -1.36. The molecule has 0 aromatic carbocycles. The summed E-state index contributed by atoms with van der Waals surface area (Å²) in [6.07, 6.45) is 62.0. The first-order chi connectivity index (χ1) is 36.7. The molecule has 11 nitrogen and oxygen atoms in total. The van der Waals surface area contributed by atoms with E-state index in [1.165, 1.54) is 38.5 Å². The number of aliphatic hydroxyl groups is 5. The van der Waals surface area contributed by atoms with Gasteiger partial charge < -0.3 is 45.1 Å². The fourth-order valence-corrected chi connectivity index (χ4v) is 7.77. The van der Waals surface area contributed by atoms with E-state index >= 15 is 0 Å². The summed E-state index contributed by atoms with van der Waals surface area (Å²) < 4.78 is 17.4. The zero-order valence-corrected chi connectivity index (χ0v) is 46.3. The molecular weight excluding hydrogens is 943 g/mol. The van der Waals surface area contributed by atoms with Crippen molar-refractivity contribution in [2.24, 2.45) is 0 Å². The maximum Gasteiger partial charge on any atom is 0.306 e. The fraction of sp³-hybridized carbons (Fsp3) is 0.594. The van der Waals surface area contributed by atoms with Crippen LogP contribution in [0.3, 0.4) is 0 Å². The Morgan fingerprint density at radius 2 is 0.960 bits per heavy atom. The molecule has 1 amide bonds. The molecule has 1 aliphatic rings. The first kappa shape index (κ1) is 68.6. The average molecular weight is 1040 g/mol. The van der Waals surface area contributed by atoms with Crippen molar-refractivity contribution in [3.8, 4) is 0 Å². The Kier molecular flexibility index (Phi) is 46.0. The predicted octanol–water partition coefficient (Wildman–Crippen LogP) is 13.0. The first-order valence-corrected chi connectivity index (χ1v) is 28.6. The highest BCUT2D eigenvalue weighted by molar-refractivity contribution is 5.80. The predicted molar refractivity (Wildman–Crippen MR) is 310 cm³/mol. The molecule has 1 rings (SSSR count). The van der Waals surface area contributed by atoms with Gasteiger partial charge in [0.05, 0.1) is 25.4 Å². The number of unbranched alkanes of at least 4 members (excludes halogenated alkanes) is 9. The minimum absolute atomic E-state index is 0.0176. The smallest absolute Gasteiger partial charge is 0.306 e. The monoisotopic (exact) mass is 1040 g/mol. The Balaban J connectivity index is 2.81. The Bertz CT molecular complexity index is 1770. The van der Waals surface area contributed by atoms with Crippen LogP contribution in [-0.2, 0) is 23.8 Å². The molecule has 0 spiro atoms. The lowest BCUT2D eigenvalue weighted by Gasteiger charge is -2.41. The highest BCUT2D eigenvalue weighted by Gasteiger charge is 2.47. The van der Waals surface area contributed by atoms with E-state index < -0.39 is 67.4 Å². The van der Waals surface area contributed by atoms with Crippen LogP contribution in [0.5, 0.6) is 0 Å². The summed E-state index contributed by atoms with van der Waals surface area (Å²) >= 11 is 0. The van der Waals surface area contributed by atoms with Crippen molar-refractivity contribution in [3.05, 3.63) is 146 Å². The second-order valence-electron chi connectivity index (χ2n) is 18.9. The fourth-order valence-electron chi connectivity index (χ4n) is 7.77. The van der Waals surface area contributed by atoms with Crippen LogP contribution in [0.4, 0.5) is 0 Å². The van der Waals surface area contributed by atoms with Gasteiger partial charge in [0.15, 0.2) is 12.4 Å². The van der Waals surface area contributed by atoms with Crippen molar-refractivity contribution in [1.29, 1.82) is 0 Å². The van der Waals surface area contributed by atoms with Gasteiger partial charge in [-0.1, -0.05) is 218 Å². The van der Waals surface area contributed by atoms with Crippen molar-refractivity contribution in [2.45, 2.75) is 230 Å². The largest absolute Gasteiger partial charge is 0.454 e. The Labute approximate surface area is 454 Å². The van der Waals surface area contributed by atoms with Gasteiger partial charge in [0.25, 0.3) is 0 Å². The summed E-state index contributed by atoms with van der Waals surface area (Å²) in [6.45, 7) is 5.44. The van der Waals surface area contributed by atoms with Gasteiger partial charge in [-0.15, -0.1) is 0 Å². The second-order valence-corrected chi connectivity index (χ2v) is 18.9. The van der Waals surface area contributed by atoms with Crippen LogP contribution < -0.4 is 5.32 Å². The average Bonchev–Trinajstić information content (AvgIpc) is 3.41. The molecule has 0 bridgehead atoms. The lowest BCUT2D eigenvalue weighted by Crippen LogP contribution is -2.61. The van der Waals surface area contributed by atoms with Crippen molar-refractivity contribution < 1.29 is 49.3 Å². The molecule has 11 heteroatoms. The Morgan fingerprint density at radius 3 is 1.41 bits per heavy atom. The van der Waals surface area contributed by atoms with E-state index in [4.69, 9.17) is 14.2 Å². The topological polar surface area (TPSA) is 175 Å². The lowest BCUT2D eigenvalue weighted by molar-refractivity contribution is -0.305. The molecule has 8 atom stereocenters. The summed E-state index contributed by atoms with van der Waals surface area (Å²) in [5, 5.41) is 56.7. The number of hydrogen-bond acceptors (Lipinski definition) is 10. The van der Waals surface area contributed by atoms with Gasteiger partial charge in [-0.05, 0) is 103 Å². The van der Waals surface area contributed by atoms with Crippen molar-refractivity contribution in [3.63, 3.8) is 0 Å². The second kappa shape index (κ2) is 50.4. The number of carbonyl (C=O) groups is 2. The van der Waals surface area contributed by atoms with Crippen molar-refractivity contribution >= 4 is 11.9 Å². The molecule has 1 saturated heterocycles. The number of carbonyl (C=O) groups excluding carboxylic acids is 2. The molecule has 0 aromatic heterocycles. The maximum atomic E-state index is 13.3. The SMILES string of the molecule is CC/C=C\C/C=C\C/C=C\C/C=C\C/C=C\C/C=C\CCC(=O)OC1C(OCC(NC(=O)C(O)CC/C=C\C/C=C\C/C=C\C/C=C\C/C=C\CC)C(O)/C=C/CCCCCCCCCCC)OC(CO)C(O)C1O. The summed E-state index contributed by atoms with van der Waals surface area (Å²) in [5.41, 5.74) is 0. The van der Waals surface area contributed by atoms with Crippen LogP contribution in [0.1, 0.15) is 181 Å². The number of nitrogens with one attached hydrogen (secondary N) is 1. The van der Waals surface area contributed by atoms with Gasteiger partial charge in [-0.2, -0.15) is 0 Å². The van der Waals surface area contributed by atoms with Gasteiger partial charge in [-0.25, -0.2) is 0 Å². The van der Waals surface area contributed by atoms with Crippen LogP contribution in [0, 0.1) is 0 Å². The zero-order chi connectivity index (χ0) is 54.7. The van der Waals surface area contributed by atoms with E-state index in [0.717, 1.165) is 89.9 Å². The molecule has 1 aliphatic heterocycles. The third kappa shape index (κ3) is 38.7. The van der Waals surface area contributed by atoms with Crippen LogP contribution in [-0.4, -0.2) is 99.6 Å². The molecular formula is C64H101NO10. The van der Waals surface area contributed by atoms with Crippen molar-refractivity contribution in [1.82, 2.24) is 5.32 Å². The molecule has 1 fully saturated rings. The van der Waals surface area contributed by atoms with E-state index in [1.807, 2.05) is 30.4 Å². The molecule has 75 heavy (non-hydrogen) atoms. The molecule has 8 unspecified atom stereocenters. The van der Waals surface area contributed by atoms with E-state index in [9.17, 15) is 35.1 Å². The lowest BCUT2D eigenvalue weighted by atomic mass is 9.99. The van der Waals surface area contributed by atoms with E-state index in [0.29, 0.717) is 19.3 Å². The normalized spacial score (nSPS) is 20.3. The minimum atomic E-state index is -1.66. The molecule has 0 saturated carbocycles. The zero-order valence-electron chi connectivity index (χ0n) is 46.3. The van der Waals surface area contributed by atoms with Crippen LogP contribution >= 0.6 is 0 Å². The van der Waals surface area contributed by atoms with E-state index in [2.05, 4.69) is 135 Å². The van der Waals surface area contributed by atoms with Crippen LogP contribution in [0.15, 0.2) is 146 Å². The van der Waals surface area contributed by atoms with E-state index in [1.54, 1.807) is 6.08 Å². The number of aliphatic hydroxyl groups excluding tert-OH is 5. The summed E-state index contributed by atoms with van der Waals surface area (Å²) in [7, 11) is 0. The third-order valence-corrected chi connectivity index (χ3v) is 12.3. The van der Waals surface area contributed by atoms with E-state index in [-0.39, 0.29) is 19.4 Å². The number of allylic oxidation sites excluding steroid dienone is 23. The third-order valence-electron chi connectivity index (χ3n) is 12.3. The Morgan fingerprint density at radius 1 is 0.533 bits per heavy atom. The van der Waals surface area contributed by atoms with Gasteiger partial charge in [0.1, 0.15) is 24.4 Å². The van der Waals surface area contributed by atoms with Gasteiger partial charge in [-0.3, -0.25) is 9.59 Å². The molecule has 422 valence electrons. The minimum Gasteiger partial charge on any atom is -0.454 e. The summed E-state index contributed by atoms with van der Waals surface area (Å²) in [4.78, 5) is 26.4. The first-order valence-electron chi connectivity index (χ1n) is 28.6. The van der Waals surface area contributed by atoms with Gasteiger partial charge in [0, 0.05) is 6.42 Å². The number of ether oxygens (including phenoxy) is 3. The molecule has 0 aromatic rings. The highest BCUT2D eigenvalue weighted by atomic mass is 16.7. The molecule has 0 aliphatic carbocycles. The highest BCUT2D eigenvalue weighted by Crippen LogP contribution is 2.26. The van der Waals surface area contributed by atoms with Gasteiger partial charge in [0.2, 0.25) is 5.91 Å². The van der Waals surface area contributed by atoms with Crippen molar-refractivity contribution in [2.75, 3.05) is 13.2 Å². The van der Waals surface area contributed by atoms with Crippen LogP contribution in [0.25, 0.3) is 0 Å².